The van der Waals surface area contributed by atoms with Gasteiger partial charge in [-0.3, -0.25) is 14.6 Å². The van der Waals surface area contributed by atoms with Gasteiger partial charge in [-0.15, -0.1) is 0 Å². The molecule has 0 aliphatic heterocycles. The van der Waals surface area contributed by atoms with Gasteiger partial charge < -0.3 is 14.8 Å². The van der Waals surface area contributed by atoms with Gasteiger partial charge in [0.05, 0.1) is 0 Å². The van der Waals surface area contributed by atoms with Gasteiger partial charge >= 0.3 is 5.97 Å². The first-order valence-electron chi connectivity index (χ1n) is 12.8. The standard InChI is InChI=1S/C31H29N3O4/c35-29(36)12-6-2-5-11-25(24-10-7-17-32-19-24)22-13-15-23(16-14-22)31-34-28(20-38-31)30(37)33-27-18-26(27)21-8-3-1-4-9-21/h1,3-4,7-11,13-17,19-20,26-27H,2,5-6,12,18H2,(H,33,37)(H,35,36)/b25-11+/t26-,27+/m0/s1. The fourth-order valence-electron chi connectivity index (χ4n) is 4.56. The van der Waals surface area contributed by atoms with Gasteiger partial charge in [-0.2, -0.15) is 0 Å². The van der Waals surface area contributed by atoms with Gasteiger partial charge in [0, 0.05) is 41.9 Å². The summed E-state index contributed by atoms with van der Waals surface area (Å²) in [6.07, 6.45) is 10.4. The fourth-order valence-corrected chi connectivity index (χ4v) is 4.56. The number of hydrogen-bond acceptors (Lipinski definition) is 5. The molecule has 1 aliphatic carbocycles. The molecule has 5 rings (SSSR count). The maximum absolute atomic E-state index is 12.7. The van der Waals surface area contributed by atoms with E-state index >= 15 is 0 Å². The number of carboxylic acids is 1. The Balaban J connectivity index is 1.25. The highest BCUT2D eigenvalue weighted by Gasteiger charge is 2.39. The van der Waals surface area contributed by atoms with Gasteiger partial charge in [-0.05, 0) is 60.6 Å². The van der Waals surface area contributed by atoms with Crippen LogP contribution in [0.3, 0.4) is 0 Å². The molecule has 2 aromatic heterocycles. The zero-order valence-corrected chi connectivity index (χ0v) is 20.9. The van der Waals surface area contributed by atoms with Crippen LogP contribution >= 0.6 is 0 Å². The quantitative estimate of drug-likeness (QED) is 0.238. The number of pyridine rings is 1. The van der Waals surface area contributed by atoms with Gasteiger partial charge in [0.15, 0.2) is 5.69 Å². The van der Waals surface area contributed by atoms with Crippen LogP contribution in [0.4, 0.5) is 0 Å². The summed E-state index contributed by atoms with van der Waals surface area (Å²) in [6, 6.07) is 22.0. The van der Waals surface area contributed by atoms with E-state index < -0.39 is 5.97 Å². The number of rotatable bonds is 11. The molecule has 1 aliphatic rings. The predicted molar refractivity (Wildman–Crippen MR) is 144 cm³/mol. The molecular formula is C31H29N3O4. The maximum atomic E-state index is 12.7. The Kier molecular flexibility index (Phi) is 7.73. The lowest BCUT2D eigenvalue weighted by molar-refractivity contribution is -0.137. The van der Waals surface area contributed by atoms with E-state index in [-0.39, 0.29) is 24.1 Å². The molecule has 0 unspecified atom stereocenters. The summed E-state index contributed by atoms with van der Waals surface area (Å²) < 4.78 is 5.64. The van der Waals surface area contributed by atoms with Crippen molar-refractivity contribution in [3.63, 3.8) is 0 Å². The number of amides is 1. The number of aromatic nitrogens is 2. The van der Waals surface area contributed by atoms with Gasteiger partial charge in [0.1, 0.15) is 6.26 Å². The Morgan fingerprint density at radius 2 is 1.82 bits per heavy atom. The van der Waals surface area contributed by atoms with Gasteiger partial charge in [0.2, 0.25) is 5.89 Å². The first kappa shape index (κ1) is 25.1. The molecule has 0 saturated heterocycles. The molecule has 2 atom stereocenters. The summed E-state index contributed by atoms with van der Waals surface area (Å²) >= 11 is 0. The van der Waals surface area contributed by atoms with Crippen molar-refractivity contribution in [3.05, 3.63) is 114 Å². The van der Waals surface area contributed by atoms with E-state index in [1.807, 2.05) is 60.8 Å². The molecule has 7 heteroatoms. The molecular weight excluding hydrogens is 478 g/mol. The van der Waals surface area contributed by atoms with Crippen LogP contribution in [0.25, 0.3) is 17.0 Å². The lowest BCUT2D eigenvalue weighted by Crippen LogP contribution is -2.26. The van der Waals surface area contributed by atoms with Gasteiger partial charge in [-0.1, -0.05) is 54.6 Å². The van der Waals surface area contributed by atoms with Crippen LogP contribution in [0.5, 0.6) is 0 Å². The van der Waals surface area contributed by atoms with E-state index in [0.717, 1.165) is 41.5 Å². The van der Waals surface area contributed by atoms with Gasteiger partial charge in [-0.25, -0.2) is 4.98 Å². The Hall–Kier alpha value is -4.52. The number of carbonyl (C=O) groups excluding carboxylic acids is 1. The average Bonchev–Trinajstić information content (AvgIpc) is 3.53. The maximum Gasteiger partial charge on any atom is 0.303 e. The molecule has 0 spiro atoms. The number of allylic oxidation sites excluding steroid dienone is 1. The molecule has 2 N–H and O–H groups in total. The Labute approximate surface area is 221 Å². The summed E-state index contributed by atoms with van der Waals surface area (Å²) in [6.45, 7) is 0. The lowest BCUT2D eigenvalue weighted by Gasteiger charge is -2.09. The van der Waals surface area contributed by atoms with Crippen LogP contribution in [-0.2, 0) is 4.79 Å². The number of carboxylic acid groups (broad SMARTS) is 1. The summed E-state index contributed by atoms with van der Waals surface area (Å²) in [7, 11) is 0. The Morgan fingerprint density at radius 1 is 1.00 bits per heavy atom. The average molecular weight is 508 g/mol. The monoisotopic (exact) mass is 507 g/mol. The summed E-state index contributed by atoms with van der Waals surface area (Å²) in [4.78, 5) is 32.2. The van der Waals surface area contributed by atoms with Crippen molar-refractivity contribution in [3.8, 4) is 11.5 Å². The highest BCUT2D eigenvalue weighted by atomic mass is 16.4. The molecule has 0 bridgehead atoms. The zero-order valence-electron chi connectivity index (χ0n) is 20.9. The third-order valence-corrected chi connectivity index (χ3v) is 6.68. The third kappa shape index (κ3) is 6.24. The largest absolute Gasteiger partial charge is 0.481 e. The van der Waals surface area contributed by atoms with Crippen LogP contribution < -0.4 is 5.32 Å². The topological polar surface area (TPSA) is 105 Å². The summed E-state index contributed by atoms with van der Waals surface area (Å²) in [5.74, 6) is -0.270. The van der Waals surface area contributed by atoms with Crippen LogP contribution in [0, 0.1) is 0 Å². The highest BCUT2D eigenvalue weighted by Crippen LogP contribution is 2.40. The second-order valence-electron chi connectivity index (χ2n) is 9.45. The molecule has 4 aromatic rings. The SMILES string of the molecule is O=C(O)CCCC/C=C(\c1ccc(-c2nc(C(=O)N[C@@H]3C[C@H]3c3ccccc3)co2)cc1)c1cccnc1. The third-order valence-electron chi connectivity index (χ3n) is 6.68. The number of nitrogens with zero attached hydrogens (tertiary/aromatic N) is 2. The minimum atomic E-state index is -0.770. The molecule has 7 nitrogen and oxygen atoms in total. The van der Waals surface area contributed by atoms with Crippen LogP contribution in [-0.4, -0.2) is 33.0 Å². The van der Waals surface area contributed by atoms with Crippen molar-refractivity contribution in [1.29, 1.82) is 0 Å². The van der Waals surface area contributed by atoms with Crippen molar-refractivity contribution in [2.75, 3.05) is 0 Å². The molecule has 1 fully saturated rings. The smallest absolute Gasteiger partial charge is 0.303 e. The number of nitrogens with one attached hydrogen (secondary N) is 1. The number of aliphatic carboxylic acids is 1. The summed E-state index contributed by atoms with van der Waals surface area (Å²) in [5, 5.41) is 11.9. The Morgan fingerprint density at radius 3 is 2.55 bits per heavy atom. The fraction of sp³-hybridized carbons (Fsp3) is 0.226. The number of hydrogen-bond donors (Lipinski definition) is 2. The van der Waals surface area contributed by atoms with Crippen molar-refractivity contribution in [2.45, 2.75) is 44.1 Å². The molecule has 2 aromatic carbocycles. The number of unbranched alkanes of at least 4 members (excludes halogenated alkanes) is 2. The second-order valence-corrected chi connectivity index (χ2v) is 9.45. The lowest BCUT2D eigenvalue weighted by atomic mass is 9.96. The molecule has 1 saturated carbocycles. The van der Waals surface area contributed by atoms with Crippen molar-refractivity contribution < 1.29 is 19.1 Å². The van der Waals surface area contributed by atoms with E-state index in [1.165, 1.54) is 11.8 Å². The number of benzene rings is 2. The minimum Gasteiger partial charge on any atom is -0.481 e. The first-order chi connectivity index (χ1) is 18.6. The van der Waals surface area contributed by atoms with Crippen LogP contribution in [0.1, 0.15) is 65.2 Å². The predicted octanol–water partition coefficient (Wildman–Crippen LogP) is 6.10. The molecule has 38 heavy (non-hydrogen) atoms. The van der Waals surface area contributed by atoms with E-state index in [4.69, 9.17) is 9.52 Å². The number of carbonyl (C=O) groups is 2. The Bertz CT molecular complexity index is 1410. The van der Waals surface area contributed by atoms with E-state index in [2.05, 4.69) is 33.5 Å². The minimum absolute atomic E-state index is 0.117. The van der Waals surface area contributed by atoms with Crippen molar-refractivity contribution in [2.24, 2.45) is 0 Å². The van der Waals surface area contributed by atoms with E-state index in [9.17, 15) is 9.59 Å². The van der Waals surface area contributed by atoms with Crippen molar-refractivity contribution in [1.82, 2.24) is 15.3 Å². The first-order valence-corrected chi connectivity index (χ1v) is 12.8. The van der Waals surface area contributed by atoms with Gasteiger partial charge in [0.25, 0.3) is 5.91 Å². The summed E-state index contributed by atoms with van der Waals surface area (Å²) in [5.41, 5.74) is 5.30. The molecule has 2 heterocycles. The van der Waals surface area contributed by atoms with Crippen molar-refractivity contribution >= 4 is 17.4 Å². The van der Waals surface area contributed by atoms with Crippen LogP contribution in [0.15, 0.2) is 95.9 Å². The normalized spacial score (nSPS) is 16.7. The second kappa shape index (κ2) is 11.7. The number of oxazole rings is 1. The van der Waals surface area contributed by atoms with E-state index in [0.29, 0.717) is 18.2 Å². The zero-order chi connectivity index (χ0) is 26.3. The molecule has 192 valence electrons. The van der Waals surface area contributed by atoms with Crippen LogP contribution in [0.2, 0.25) is 0 Å². The highest BCUT2D eigenvalue weighted by molar-refractivity contribution is 5.93. The van der Waals surface area contributed by atoms with E-state index in [1.54, 1.807) is 6.20 Å². The molecule has 1 amide bonds. The molecule has 0 radical (unpaired) electrons.